The first-order chi connectivity index (χ1) is 9.58. The molecule has 1 rings (SSSR count). The summed E-state index contributed by atoms with van der Waals surface area (Å²) in [4.78, 5) is 23.8. The van der Waals surface area contributed by atoms with Crippen LogP contribution in [0, 0.1) is 0 Å². The van der Waals surface area contributed by atoms with Crippen LogP contribution in [-0.4, -0.2) is 36.9 Å². The fraction of sp³-hybridized carbons (Fsp3) is 0.538. The number of carbonyl (C=O) groups is 2. The van der Waals surface area contributed by atoms with Crippen LogP contribution in [0.25, 0.3) is 0 Å². The van der Waals surface area contributed by atoms with Gasteiger partial charge in [0, 0.05) is 25.0 Å². The van der Waals surface area contributed by atoms with Gasteiger partial charge in [-0.05, 0) is 23.4 Å². The van der Waals surface area contributed by atoms with E-state index in [4.69, 9.17) is 9.84 Å². The van der Waals surface area contributed by atoms with Gasteiger partial charge in [0.1, 0.15) is 6.04 Å². The van der Waals surface area contributed by atoms with Crippen LogP contribution in [0.2, 0.25) is 0 Å². The van der Waals surface area contributed by atoms with Gasteiger partial charge in [-0.25, -0.2) is 9.59 Å². The summed E-state index contributed by atoms with van der Waals surface area (Å²) in [5.41, 5.74) is 1.20. The van der Waals surface area contributed by atoms with Gasteiger partial charge >= 0.3 is 12.0 Å². The van der Waals surface area contributed by atoms with Crippen LogP contribution >= 0.6 is 11.3 Å². The molecule has 1 aromatic heterocycles. The van der Waals surface area contributed by atoms with Crippen LogP contribution in [-0.2, 0) is 22.5 Å². The zero-order chi connectivity index (χ0) is 15.0. The third kappa shape index (κ3) is 5.18. The van der Waals surface area contributed by atoms with Crippen molar-refractivity contribution in [1.82, 2.24) is 10.6 Å². The lowest BCUT2D eigenvalue weighted by molar-refractivity contribution is -0.139. The predicted octanol–water partition coefficient (Wildman–Crippen LogP) is 1.60. The second kappa shape index (κ2) is 8.55. The fourth-order valence-electron chi connectivity index (χ4n) is 1.70. The minimum atomic E-state index is -1.07. The number of thiophene rings is 1. The maximum absolute atomic E-state index is 11.7. The summed E-state index contributed by atoms with van der Waals surface area (Å²) in [6.07, 6.45) is 1.15. The van der Waals surface area contributed by atoms with Crippen molar-refractivity contribution in [2.75, 3.05) is 13.7 Å². The lowest BCUT2D eigenvalue weighted by atomic mass is 10.2. The van der Waals surface area contributed by atoms with Crippen LogP contribution in [0.15, 0.2) is 11.4 Å². The zero-order valence-corrected chi connectivity index (χ0v) is 12.5. The monoisotopic (exact) mass is 300 g/mol. The molecule has 1 aromatic rings. The predicted molar refractivity (Wildman–Crippen MR) is 77.0 cm³/mol. The Labute approximate surface area is 122 Å². The quantitative estimate of drug-likeness (QED) is 0.680. The molecule has 0 spiro atoms. The molecule has 0 saturated heterocycles. The smallest absolute Gasteiger partial charge is 0.326 e. The Bertz CT molecular complexity index is 447. The van der Waals surface area contributed by atoms with E-state index < -0.39 is 18.0 Å². The van der Waals surface area contributed by atoms with E-state index in [1.807, 2.05) is 11.4 Å². The molecule has 1 heterocycles. The first-order valence-electron chi connectivity index (χ1n) is 6.39. The van der Waals surface area contributed by atoms with Gasteiger partial charge in [-0.15, -0.1) is 11.3 Å². The molecular weight excluding hydrogens is 280 g/mol. The number of carboxylic acids is 1. The molecule has 0 aliphatic carbocycles. The number of ether oxygens (including phenoxy) is 1. The van der Waals surface area contributed by atoms with Gasteiger partial charge in [-0.3, -0.25) is 0 Å². The Morgan fingerprint density at radius 2 is 2.25 bits per heavy atom. The van der Waals surface area contributed by atoms with Crippen molar-refractivity contribution in [1.29, 1.82) is 0 Å². The Kier molecular flexibility index (Phi) is 7.03. The first-order valence-corrected chi connectivity index (χ1v) is 7.27. The molecule has 112 valence electrons. The van der Waals surface area contributed by atoms with Crippen molar-refractivity contribution in [3.8, 4) is 0 Å². The average molecular weight is 300 g/mol. The summed E-state index contributed by atoms with van der Waals surface area (Å²) in [5, 5.41) is 16.1. The molecule has 0 aliphatic heterocycles. The van der Waals surface area contributed by atoms with E-state index in [2.05, 4.69) is 17.6 Å². The van der Waals surface area contributed by atoms with E-state index in [9.17, 15) is 9.59 Å². The Morgan fingerprint density at radius 1 is 1.50 bits per heavy atom. The molecule has 6 nitrogen and oxygen atoms in total. The number of nitrogens with one attached hydrogen (secondary N) is 2. The number of carbonyl (C=O) groups excluding carboxylic acids is 1. The molecule has 3 N–H and O–H groups in total. The van der Waals surface area contributed by atoms with E-state index in [-0.39, 0.29) is 13.0 Å². The van der Waals surface area contributed by atoms with Crippen molar-refractivity contribution in [3.63, 3.8) is 0 Å². The van der Waals surface area contributed by atoms with E-state index in [0.717, 1.165) is 11.3 Å². The molecule has 0 fully saturated rings. The van der Waals surface area contributed by atoms with Crippen LogP contribution in [0.1, 0.15) is 23.8 Å². The van der Waals surface area contributed by atoms with E-state index in [0.29, 0.717) is 6.54 Å². The molecule has 0 bridgehead atoms. The molecular formula is C13H20N2O4S. The summed E-state index contributed by atoms with van der Waals surface area (Å²) in [7, 11) is 1.49. The summed E-state index contributed by atoms with van der Waals surface area (Å²) in [5.74, 6) is -1.07. The van der Waals surface area contributed by atoms with E-state index in [1.165, 1.54) is 12.7 Å². The van der Waals surface area contributed by atoms with Crippen LogP contribution < -0.4 is 10.6 Å². The van der Waals surface area contributed by atoms with Crippen LogP contribution in [0.5, 0.6) is 0 Å². The number of aliphatic carboxylic acids is 1. The van der Waals surface area contributed by atoms with E-state index >= 15 is 0 Å². The number of urea groups is 1. The van der Waals surface area contributed by atoms with Crippen LogP contribution in [0.4, 0.5) is 4.79 Å². The number of methoxy groups -OCH3 is 1. The zero-order valence-electron chi connectivity index (χ0n) is 11.6. The highest BCUT2D eigenvalue weighted by atomic mass is 32.1. The third-order valence-electron chi connectivity index (χ3n) is 2.84. The van der Waals surface area contributed by atoms with Gasteiger partial charge in [-0.1, -0.05) is 6.92 Å². The summed E-state index contributed by atoms with van der Waals surface area (Å²) < 4.78 is 4.82. The standard InChI is InChI=1S/C13H20N2O4S/c1-3-9-5-7-20-11(9)8-14-13(18)15-10(12(16)17)4-6-19-2/h5,7,10H,3-4,6,8H2,1-2H3,(H,16,17)(H2,14,15,18). The molecule has 0 aromatic carbocycles. The third-order valence-corrected chi connectivity index (χ3v) is 3.81. The minimum Gasteiger partial charge on any atom is -0.480 e. The SMILES string of the molecule is CCc1ccsc1CNC(=O)NC(CCOC)C(=O)O. The number of carboxylic acid groups (broad SMARTS) is 1. The summed E-state index contributed by atoms with van der Waals surface area (Å²) >= 11 is 1.58. The average Bonchev–Trinajstić information content (AvgIpc) is 2.88. The van der Waals surface area contributed by atoms with Gasteiger partial charge in [0.05, 0.1) is 6.54 Å². The van der Waals surface area contributed by atoms with Gasteiger partial charge in [0.25, 0.3) is 0 Å². The van der Waals surface area contributed by atoms with Crippen LogP contribution in [0.3, 0.4) is 0 Å². The lowest BCUT2D eigenvalue weighted by Gasteiger charge is -2.14. The van der Waals surface area contributed by atoms with Crippen molar-refractivity contribution >= 4 is 23.3 Å². The first kappa shape index (κ1) is 16.5. The molecule has 1 atom stereocenters. The fourth-order valence-corrected chi connectivity index (χ4v) is 2.62. The van der Waals surface area contributed by atoms with Gasteiger partial charge < -0.3 is 20.5 Å². The van der Waals surface area contributed by atoms with Crippen molar-refractivity contribution in [3.05, 3.63) is 21.9 Å². The van der Waals surface area contributed by atoms with Gasteiger partial charge in [-0.2, -0.15) is 0 Å². The molecule has 0 radical (unpaired) electrons. The molecule has 7 heteroatoms. The number of aryl methyl sites for hydroxylation is 1. The topological polar surface area (TPSA) is 87.7 Å². The largest absolute Gasteiger partial charge is 0.480 e. The second-order valence-corrected chi connectivity index (χ2v) is 5.22. The number of amides is 2. The van der Waals surface area contributed by atoms with Crippen molar-refractivity contribution in [2.24, 2.45) is 0 Å². The van der Waals surface area contributed by atoms with Crippen molar-refractivity contribution in [2.45, 2.75) is 32.4 Å². The van der Waals surface area contributed by atoms with Gasteiger partial charge in [0.15, 0.2) is 0 Å². The molecule has 20 heavy (non-hydrogen) atoms. The number of hydrogen-bond acceptors (Lipinski definition) is 4. The highest BCUT2D eigenvalue weighted by molar-refractivity contribution is 7.10. The highest BCUT2D eigenvalue weighted by Crippen LogP contribution is 2.16. The Balaban J connectivity index is 2.43. The summed E-state index contributed by atoms with van der Waals surface area (Å²) in [6.45, 7) is 2.74. The highest BCUT2D eigenvalue weighted by Gasteiger charge is 2.19. The number of rotatable bonds is 8. The molecule has 0 aliphatic rings. The van der Waals surface area contributed by atoms with E-state index in [1.54, 1.807) is 11.3 Å². The Hall–Kier alpha value is -1.60. The normalized spacial score (nSPS) is 11.9. The minimum absolute atomic E-state index is 0.235. The Morgan fingerprint density at radius 3 is 2.85 bits per heavy atom. The molecule has 0 saturated carbocycles. The summed E-state index contributed by atoms with van der Waals surface area (Å²) in [6, 6.07) is 0.603. The lowest BCUT2D eigenvalue weighted by Crippen LogP contribution is -2.46. The van der Waals surface area contributed by atoms with Gasteiger partial charge in [0.2, 0.25) is 0 Å². The molecule has 2 amide bonds. The van der Waals surface area contributed by atoms with Crippen molar-refractivity contribution < 1.29 is 19.4 Å². The maximum Gasteiger partial charge on any atom is 0.326 e. The second-order valence-electron chi connectivity index (χ2n) is 4.22. The number of hydrogen-bond donors (Lipinski definition) is 3. The maximum atomic E-state index is 11.7. The molecule has 1 unspecified atom stereocenters.